The zero-order valence-electron chi connectivity index (χ0n) is 12.3. The highest BCUT2D eigenvalue weighted by Gasteiger charge is 2.20. The molecule has 0 saturated heterocycles. The van der Waals surface area contributed by atoms with Gasteiger partial charge in [0.2, 0.25) is 0 Å². The van der Waals surface area contributed by atoms with Gasteiger partial charge >= 0.3 is 5.97 Å². The summed E-state index contributed by atoms with van der Waals surface area (Å²) in [5.74, 6) is -1.41. The molecule has 1 amide bonds. The number of carboxylic acid groups (broad SMARTS) is 1. The number of nitrogens with zero attached hydrogens (tertiary/aromatic N) is 3. The van der Waals surface area contributed by atoms with Crippen molar-refractivity contribution in [2.24, 2.45) is 0 Å². The fourth-order valence-corrected chi connectivity index (χ4v) is 2.10. The molecule has 0 bridgehead atoms. The minimum absolute atomic E-state index is 0.323. The molecule has 6 heteroatoms. The summed E-state index contributed by atoms with van der Waals surface area (Å²) in [6.07, 6.45) is 3.37. The molecule has 6 nitrogen and oxygen atoms in total. The lowest BCUT2D eigenvalue weighted by molar-refractivity contribution is -0.137. The number of carbonyl (C=O) groups excluding carboxylic acids is 1. The van der Waals surface area contributed by atoms with E-state index in [0.29, 0.717) is 24.2 Å². The maximum Gasteiger partial charge on any atom is 0.323 e. The fraction of sp³-hybridized carbons (Fsp3) is 0.250. The van der Waals surface area contributed by atoms with E-state index in [1.165, 1.54) is 17.4 Å². The first-order valence-corrected chi connectivity index (χ1v) is 6.89. The second-order valence-electron chi connectivity index (χ2n) is 4.88. The first-order valence-electron chi connectivity index (χ1n) is 6.89. The van der Waals surface area contributed by atoms with E-state index in [4.69, 9.17) is 5.11 Å². The van der Waals surface area contributed by atoms with Crippen LogP contribution in [0.3, 0.4) is 0 Å². The van der Waals surface area contributed by atoms with Crippen molar-refractivity contribution >= 4 is 11.9 Å². The van der Waals surface area contributed by atoms with Gasteiger partial charge in [0.05, 0.1) is 11.3 Å². The van der Waals surface area contributed by atoms with Gasteiger partial charge in [-0.3, -0.25) is 9.59 Å². The Labute approximate surface area is 128 Å². The lowest BCUT2D eigenvalue weighted by Gasteiger charge is -2.21. The van der Waals surface area contributed by atoms with Crippen LogP contribution in [-0.4, -0.2) is 44.9 Å². The number of aryl methyl sites for hydroxylation is 1. The van der Waals surface area contributed by atoms with E-state index in [-0.39, 0.29) is 12.5 Å². The molecule has 0 saturated carbocycles. The number of rotatable bonds is 6. The minimum atomic E-state index is -1.05. The SMILES string of the molecule is Cc1ncncc1C(=O)N(CCc1ccccc1)CC(=O)O. The Balaban J connectivity index is 2.13. The predicted molar refractivity (Wildman–Crippen MR) is 80.5 cm³/mol. The van der Waals surface area contributed by atoms with Crippen LogP contribution in [0.4, 0.5) is 0 Å². The van der Waals surface area contributed by atoms with E-state index >= 15 is 0 Å². The van der Waals surface area contributed by atoms with Crippen LogP contribution in [0.2, 0.25) is 0 Å². The lowest BCUT2D eigenvalue weighted by Crippen LogP contribution is -2.37. The summed E-state index contributed by atoms with van der Waals surface area (Å²) in [5.41, 5.74) is 1.92. The third-order valence-electron chi connectivity index (χ3n) is 3.27. The molecule has 0 aliphatic heterocycles. The molecule has 2 rings (SSSR count). The molecule has 0 radical (unpaired) electrons. The van der Waals surface area contributed by atoms with Gasteiger partial charge in [-0.25, -0.2) is 9.97 Å². The summed E-state index contributed by atoms with van der Waals surface area (Å²) >= 11 is 0. The highest BCUT2D eigenvalue weighted by atomic mass is 16.4. The van der Waals surface area contributed by atoms with E-state index in [1.54, 1.807) is 6.92 Å². The van der Waals surface area contributed by atoms with Crippen molar-refractivity contribution < 1.29 is 14.7 Å². The summed E-state index contributed by atoms with van der Waals surface area (Å²) in [4.78, 5) is 32.6. The zero-order chi connectivity index (χ0) is 15.9. The Morgan fingerprint density at radius 1 is 1.23 bits per heavy atom. The monoisotopic (exact) mass is 299 g/mol. The molecule has 0 fully saturated rings. The molecular formula is C16H17N3O3. The smallest absolute Gasteiger partial charge is 0.323 e. The van der Waals surface area contributed by atoms with Crippen LogP contribution < -0.4 is 0 Å². The number of aliphatic carboxylic acids is 1. The fourth-order valence-electron chi connectivity index (χ4n) is 2.10. The number of hydrogen-bond acceptors (Lipinski definition) is 4. The third kappa shape index (κ3) is 4.12. The standard InChI is InChI=1S/C16H17N3O3/c1-12-14(9-17-11-18-12)16(22)19(10-15(20)21)8-7-13-5-3-2-4-6-13/h2-6,9,11H,7-8,10H2,1H3,(H,20,21). The second kappa shape index (κ2) is 7.31. The largest absolute Gasteiger partial charge is 0.480 e. The van der Waals surface area contributed by atoms with Crippen LogP contribution in [0, 0.1) is 6.92 Å². The van der Waals surface area contributed by atoms with Crippen molar-refractivity contribution in [3.63, 3.8) is 0 Å². The van der Waals surface area contributed by atoms with Gasteiger partial charge in [-0.2, -0.15) is 0 Å². The van der Waals surface area contributed by atoms with Gasteiger partial charge in [-0.1, -0.05) is 30.3 Å². The van der Waals surface area contributed by atoms with Crippen molar-refractivity contribution in [2.75, 3.05) is 13.1 Å². The minimum Gasteiger partial charge on any atom is -0.480 e. The van der Waals surface area contributed by atoms with Crippen LogP contribution in [0.1, 0.15) is 21.6 Å². The van der Waals surface area contributed by atoms with E-state index < -0.39 is 5.97 Å². The van der Waals surface area contributed by atoms with Crippen LogP contribution in [-0.2, 0) is 11.2 Å². The summed E-state index contributed by atoms with van der Waals surface area (Å²) < 4.78 is 0. The number of carbonyl (C=O) groups is 2. The van der Waals surface area contributed by atoms with E-state index in [0.717, 1.165) is 5.56 Å². The van der Waals surface area contributed by atoms with Crippen LogP contribution >= 0.6 is 0 Å². The lowest BCUT2D eigenvalue weighted by atomic mass is 10.1. The number of benzene rings is 1. The number of hydrogen-bond donors (Lipinski definition) is 1. The molecule has 0 unspecified atom stereocenters. The van der Waals surface area contributed by atoms with Gasteiger partial charge in [-0.05, 0) is 18.9 Å². The summed E-state index contributed by atoms with van der Waals surface area (Å²) in [7, 11) is 0. The molecule has 0 spiro atoms. The highest BCUT2D eigenvalue weighted by Crippen LogP contribution is 2.09. The molecule has 2 aromatic rings. The zero-order valence-corrected chi connectivity index (χ0v) is 12.3. The Kier molecular flexibility index (Phi) is 5.19. The Bertz CT molecular complexity index is 659. The third-order valence-corrected chi connectivity index (χ3v) is 3.27. The molecule has 0 aliphatic carbocycles. The average molecular weight is 299 g/mol. The Morgan fingerprint density at radius 3 is 2.59 bits per heavy atom. The molecule has 0 atom stereocenters. The van der Waals surface area contributed by atoms with Gasteiger partial charge < -0.3 is 10.0 Å². The van der Waals surface area contributed by atoms with E-state index in [1.807, 2.05) is 30.3 Å². The molecule has 1 N–H and O–H groups in total. The number of amides is 1. The number of aromatic nitrogens is 2. The second-order valence-corrected chi connectivity index (χ2v) is 4.88. The molecule has 22 heavy (non-hydrogen) atoms. The van der Waals surface area contributed by atoms with Gasteiger partial charge in [0.1, 0.15) is 12.9 Å². The van der Waals surface area contributed by atoms with Gasteiger partial charge in [-0.15, -0.1) is 0 Å². The molecule has 1 aromatic carbocycles. The summed E-state index contributed by atoms with van der Waals surface area (Å²) in [5, 5.41) is 9.02. The Hall–Kier alpha value is -2.76. The predicted octanol–water partition coefficient (Wildman–Crippen LogP) is 1.55. The van der Waals surface area contributed by atoms with Crippen molar-refractivity contribution in [3.8, 4) is 0 Å². The molecule has 1 aromatic heterocycles. The molecule has 1 heterocycles. The number of carboxylic acids is 1. The van der Waals surface area contributed by atoms with Crippen molar-refractivity contribution in [1.29, 1.82) is 0 Å². The van der Waals surface area contributed by atoms with Gasteiger partial charge in [0, 0.05) is 12.7 Å². The Morgan fingerprint density at radius 2 is 1.95 bits per heavy atom. The molecular weight excluding hydrogens is 282 g/mol. The molecule has 114 valence electrons. The van der Waals surface area contributed by atoms with Crippen molar-refractivity contribution in [2.45, 2.75) is 13.3 Å². The normalized spacial score (nSPS) is 10.2. The topological polar surface area (TPSA) is 83.4 Å². The van der Waals surface area contributed by atoms with E-state index in [9.17, 15) is 9.59 Å². The van der Waals surface area contributed by atoms with Gasteiger partial charge in [0.15, 0.2) is 0 Å². The first kappa shape index (κ1) is 15.6. The van der Waals surface area contributed by atoms with Crippen molar-refractivity contribution in [1.82, 2.24) is 14.9 Å². The van der Waals surface area contributed by atoms with E-state index in [2.05, 4.69) is 9.97 Å². The van der Waals surface area contributed by atoms with Crippen LogP contribution in [0.15, 0.2) is 42.9 Å². The maximum absolute atomic E-state index is 12.5. The summed E-state index contributed by atoms with van der Waals surface area (Å²) in [6, 6.07) is 9.62. The quantitative estimate of drug-likeness (QED) is 0.875. The highest BCUT2D eigenvalue weighted by molar-refractivity contribution is 5.96. The molecule has 0 aliphatic rings. The van der Waals surface area contributed by atoms with Crippen molar-refractivity contribution in [3.05, 3.63) is 59.7 Å². The summed E-state index contributed by atoms with van der Waals surface area (Å²) in [6.45, 7) is 1.68. The van der Waals surface area contributed by atoms with Crippen LogP contribution in [0.5, 0.6) is 0 Å². The van der Waals surface area contributed by atoms with Crippen LogP contribution in [0.25, 0.3) is 0 Å². The average Bonchev–Trinajstić information content (AvgIpc) is 2.52. The van der Waals surface area contributed by atoms with Gasteiger partial charge in [0.25, 0.3) is 5.91 Å². The maximum atomic E-state index is 12.5. The first-order chi connectivity index (χ1) is 10.6.